The second kappa shape index (κ2) is 5.79. The van der Waals surface area contributed by atoms with Crippen molar-refractivity contribution < 1.29 is 0 Å². The van der Waals surface area contributed by atoms with E-state index in [2.05, 4.69) is 39.7 Å². The van der Waals surface area contributed by atoms with Crippen LogP contribution in [0.25, 0.3) is 0 Å². The van der Waals surface area contributed by atoms with E-state index in [1.165, 1.54) is 5.56 Å². The summed E-state index contributed by atoms with van der Waals surface area (Å²) in [5.41, 5.74) is 7.72. The minimum atomic E-state index is 0.670. The SMILES string of the molecule is C#CCN(CC)Cc1cc(N)cc(Br)c1. The van der Waals surface area contributed by atoms with Crippen molar-refractivity contribution in [2.75, 3.05) is 18.8 Å². The second-order valence-corrected chi connectivity index (χ2v) is 4.32. The molecule has 2 nitrogen and oxygen atoms in total. The maximum absolute atomic E-state index is 5.76. The number of hydrogen-bond donors (Lipinski definition) is 1. The lowest BCUT2D eigenvalue weighted by Gasteiger charge is -2.17. The molecule has 0 fully saturated rings. The summed E-state index contributed by atoms with van der Waals surface area (Å²) in [7, 11) is 0. The summed E-state index contributed by atoms with van der Waals surface area (Å²) in [6, 6.07) is 5.93. The molecular formula is C12H15BrN2. The highest BCUT2D eigenvalue weighted by molar-refractivity contribution is 9.10. The summed E-state index contributed by atoms with van der Waals surface area (Å²) in [5, 5.41) is 0. The van der Waals surface area contributed by atoms with Crippen molar-refractivity contribution in [2.24, 2.45) is 0 Å². The summed E-state index contributed by atoms with van der Waals surface area (Å²) in [5.74, 6) is 2.65. The zero-order valence-electron chi connectivity index (χ0n) is 8.83. The van der Waals surface area contributed by atoms with Crippen LogP contribution in [0.5, 0.6) is 0 Å². The Labute approximate surface area is 99.6 Å². The van der Waals surface area contributed by atoms with E-state index >= 15 is 0 Å². The van der Waals surface area contributed by atoms with Crippen LogP contribution in [-0.4, -0.2) is 18.0 Å². The Morgan fingerprint density at radius 2 is 2.20 bits per heavy atom. The summed E-state index contributed by atoms with van der Waals surface area (Å²) < 4.78 is 1.01. The minimum Gasteiger partial charge on any atom is -0.399 e. The first kappa shape index (κ1) is 12.1. The van der Waals surface area contributed by atoms with E-state index in [0.29, 0.717) is 6.54 Å². The van der Waals surface area contributed by atoms with E-state index in [1.54, 1.807) is 0 Å². The maximum Gasteiger partial charge on any atom is 0.0601 e. The third-order valence-corrected chi connectivity index (χ3v) is 2.61. The molecule has 0 unspecified atom stereocenters. The van der Waals surface area contributed by atoms with Crippen LogP contribution >= 0.6 is 15.9 Å². The molecule has 0 amide bonds. The van der Waals surface area contributed by atoms with Crippen molar-refractivity contribution >= 4 is 21.6 Å². The first-order valence-corrected chi connectivity index (χ1v) is 5.65. The van der Waals surface area contributed by atoms with E-state index in [0.717, 1.165) is 23.2 Å². The number of hydrogen-bond acceptors (Lipinski definition) is 2. The molecule has 1 aromatic rings. The van der Waals surface area contributed by atoms with Crippen molar-refractivity contribution in [3.8, 4) is 12.3 Å². The lowest BCUT2D eigenvalue weighted by Crippen LogP contribution is -2.23. The molecule has 15 heavy (non-hydrogen) atoms. The number of anilines is 1. The molecule has 0 aliphatic heterocycles. The van der Waals surface area contributed by atoms with Gasteiger partial charge in [-0.05, 0) is 30.3 Å². The van der Waals surface area contributed by atoms with Gasteiger partial charge in [0.1, 0.15) is 0 Å². The molecule has 0 radical (unpaired) electrons. The Bertz CT molecular complexity index is 348. The number of halogens is 1. The van der Waals surface area contributed by atoms with Crippen LogP contribution in [0.3, 0.4) is 0 Å². The molecule has 3 heteroatoms. The number of terminal acetylenes is 1. The van der Waals surface area contributed by atoms with Gasteiger partial charge in [0.2, 0.25) is 0 Å². The Kier molecular flexibility index (Phi) is 4.67. The van der Waals surface area contributed by atoms with E-state index in [9.17, 15) is 0 Å². The summed E-state index contributed by atoms with van der Waals surface area (Å²) in [6.07, 6.45) is 5.29. The van der Waals surface area contributed by atoms with E-state index in [-0.39, 0.29) is 0 Å². The molecule has 0 bridgehead atoms. The molecule has 0 saturated carbocycles. The molecule has 0 aliphatic rings. The molecule has 0 spiro atoms. The number of nitrogen functional groups attached to an aromatic ring is 1. The molecular weight excluding hydrogens is 252 g/mol. The van der Waals surface area contributed by atoms with Gasteiger partial charge in [0.15, 0.2) is 0 Å². The Morgan fingerprint density at radius 3 is 2.73 bits per heavy atom. The van der Waals surface area contributed by atoms with Crippen molar-refractivity contribution in [2.45, 2.75) is 13.5 Å². The van der Waals surface area contributed by atoms with Crippen molar-refractivity contribution in [1.29, 1.82) is 0 Å². The zero-order chi connectivity index (χ0) is 11.3. The van der Waals surface area contributed by atoms with Gasteiger partial charge in [-0.1, -0.05) is 28.8 Å². The highest BCUT2D eigenvalue weighted by Crippen LogP contribution is 2.18. The highest BCUT2D eigenvalue weighted by atomic mass is 79.9. The largest absolute Gasteiger partial charge is 0.399 e. The van der Waals surface area contributed by atoms with Gasteiger partial charge < -0.3 is 5.73 Å². The van der Waals surface area contributed by atoms with Gasteiger partial charge in [-0.3, -0.25) is 4.90 Å². The van der Waals surface area contributed by atoms with E-state index < -0.39 is 0 Å². The predicted molar refractivity (Wildman–Crippen MR) is 68.3 cm³/mol. The van der Waals surface area contributed by atoms with Gasteiger partial charge in [0.05, 0.1) is 6.54 Å². The molecule has 0 atom stereocenters. The molecule has 2 N–H and O–H groups in total. The Balaban J connectivity index is 2.75. The third kappa shape index (κ3) is 3.94. The van der Waals surface area contributed by atoms with Crippen molar-refractivity contribution in [3.63, 3.8) is 0 Å². The van der Waals surface area contributed by atoms with Gasteiger partial charge in [-0.2, -0.15) is 0 Å². The highest BCUT2D eigenvalue weighted by Gasteiger charge is 2.03. The van der Waals surface area contributed by atoms with Crippen LogP contribution in [0.1, 0.15) is 12.5 Å². The summed E-state index contributed by atoms with van der Waals surface area (Å²) in [6.45, 7) is 4.54. The molecule has 0 aliphatic carbocycles. The number of rotatable bonds is 4. The fraction of sp³-hybridized carbons (Fsp3) is 0.333. The van der Waals surface area contributed by atoms with Crippen LogP contribution < -0.4 is 5.73 Å². The molecule has 80 valence electrons. The first-order valence-electron chi connectivity index (χ1n) is 4.86. The van der Waals surface area contributed by atoms with Crippen LogP contribution in [0.2, 0.25) is 0 Å². The van der Waals surface area contributed by atoms with Gasteiger partial charge in [-0.15, -0.1) is 6.42 Å². The second-order valence-electron chi connectivity index (χ2n) is 3.40. The predicted octanol–water partition coefficient (Wildman–Crippen LogP) is 2.49. The van der Waals surface area contributed by atoms with Crippen molar-refractivity contribution in [3.05, 3.63) is 28.2 Å². The minimum absolute atomic E-state index is 0.670. The fourth-order valence-electron chi connectivity index (χ4n) is 1.43. The molecule has 0 heterocycles. The standard InChI is InChI=1S/C12H15BrN2/c1-3-5-15(4-2)9-10-6-11(13)8-12(14)7-10/h1,6-8H,4-5,9,14H2,2H3. The normalized spacial score (nSPS) is 10.3. The smallest absolute Gasteiger partial charge is 0.0601 e. The lowest BCUT2D eigenvalue weighted by atomic mass is 10.2. The zero-order valence-corrected chi connectivity index (χ0v) is 10.4. The Hall–Kier alpha value is -0.980. The number of benzene rings is 1. The number of nitrogens with zero attached hydrogens (tertiary/aromatic N) is 1. The third-order valence-electron chi connectivity index (χ3n) is 2.15. The average Bonchev–Trinajstić information content (AvgIpc) is 2.15. The summed E-state index contributed by atoms with van der Waals surface area (Å²) in [4.78, 5) is 2.18. The maximum atomic E-state index is 5.76. The van der Waals surface area contributed by atoms with Crippen molar-refractivity contribution in [1.82, 2.24) is 4.90 Å². The van der Waals surface area contributed by atoms with Crippen LogP contribution in [-0.2, 0) is 6.54 Å². The van der Waals surface area contributed by atoms with Gasteiger partial charge in [0.25, 0.3) is 0 Å². The lowest BCUT2D eigenvalue weighted by molar-refractivity contribution is 0.316. The molecule has 1 rings (SSSR count). The van der Waals surface area contributed by atoms with Crippen LogP contribution in [0.4, 0.5) is 5.69 Å². The average molecular weight is 267 g/mol. The number of nitrogens with two attached hydrogens (primary N) is 1. The van der Waals surface area contributed by atoms with E-state index in [1.807, 2.05) is 12.1 Å². The topological polar surface area (TPSA) is 29.3 Å². The van der Waals surface area contributed by atoms with Gasteiger partial charge in [0, 0.05) is 16.7 Å². The van der Waals surface area contributed by atoms with Gasteiger partial charge >= 0.3 is 0 Å². The van der Waals surface area contributed by atoms with Crippen LogP contribution in [0, 0.1) is 12.3 Å². The molecule has 0 saturated heterocycles. The van der Waals surface area contributed by atoms with E-state index in [4.69, 9.17) is 12.2 Å². The van der Waals surface area contributed by atoms with Crippen LogP contribution in [0.15, 0.2) is 22.7 Å². The molecule has 0 aromatic heterocycles. The fourth-order valence-corrected chi connectivity index (χ4v) is 1.99. The molecule has 1 aromatic carbocycles. The van der Waals surface area contributed by atoms with Gasteiger partial charge in [-0.25, -0.2) is 0 Å². The first-order chi connectivity index (χ1) is 7.15. The monoisotopic (exact) mass is 266 g/mol. The Morgan fingerprint density at radius 1 is 1.47 bits per heavy atom. The summed E-state index contributed by atoms with van der Waals surface area (Å²) >= 11 is 3.42. The quantitative estimate of drug-likeness (QED) is 0.670.